The molecule has 4 nitrogen and oxygen atoms in total. The summed E-state index contributed by atoms with van der Waals surface area (Å²) >= 11 is 0. The van der Waals surface area contributed by atoms with Gasteiger partial charge in [-0.1, -0.05) is 50.6 Å². The first-order valence-electron chi connectivity index (χ1n) is 7.49. The van der Waals surface area contributed by atoms with Crippen LogP contribution in [0.5, 0.6) is 0 Å². The van der Waals surface area contributed by atoms with Gasteiger partial charge in [-0.2, -0.15) is 0 Å². The Balaban J connectivity index is 2.40. The zero-order valence-corrected chi connectivity index (χ0v) is 16.1. The molecule has 118 valence electrons. The number of ether oxygens (including phenoxy) is 2. The van der Waals surface area contributed by atoms with Crippen LogP contribution in [0, 0.1) is 5.92 Å². The third-order valence-electron chi connectivity index (χ3n) is 4.69. The summed E-state index contributed by atoms with van der Waals surface area (Å²) in [7, 11) is -3.38. The molecule has 3 atom stereocenters. The molecule has 0 bridgehead atoms. The average Bonchev–Trinajstić information content (AvgIpc) is 2.39. The highest BCUT2D eigenvalue weighted by Crippen LogP contribution is 2.67. The highest BCUT2D eigenvalue weighted by Gasteiger charge is 2.70. The van der Waals surface area contributed by atoms with E-state index in [1.165, 1.54) is 12.1 Å². The van der Waals surface area contributed by atoms with E-state index in [0.717, 1.165) is 0 Å². The number of hydrogen-bond acceptors (Lipinski definition) is 4. The smallest absolute Gasteiger partial charge is 0.314 e. The number of cyclic esters (lactones) is 1. The quantitative estimate of drug-likeness (QED) is 0.589. The fourth-order valence-corrected chi connectivity index (χ4v) is 11.1. The number of esters is 2. The lowest BCUT2D eigenvalue weighted by Gasteiger charge is -2.53. The molecule has 1 fully saturated rings. The third-order valence-corrected chi connectivity index (χ3v) is 10.3. The number of hydrogen-bond donors (Lipinski definition) is 0. The lowest BCUT2D eigenvalue weighted by Crippen LogP contribution is -2.58. The normalized spacial score (nSPS) is 32.0. The van der Waals surface area contributed by atoms with Crippen molar-refractivity contribution in [2.24, 2.45) is 5.92 Å². The summed E-state index contributed by atoms with van der Waals surface area (Å²) in [6, 6.07) is 0. The molecule has 0 aromatic rings. The van der Waals surface area contributed by atoms with E-state index in [4.69, 9.17) is 9.47 Å². The molecular formula is C15H26O4Si2. The molecule has 0 radical (unpaired) electrons. The van der Waals surface area contributed by atoms with Crippen LogP contribution in [-0.4, -0.2) is 40.8 Å². The Hall–Kier alpha value is -0.886. The van der Waals surface area contributed by atoms with E-state index in [-0.39, 0.29) is 30.6 Å². The third kappa shape index (κ3) is 2.32. The molecule has 2 rings (SSSR count). The Bertz CT molecular complexity index is 513. The monoisotopic (exact) mass is 326 g/mol. The summed E-state index contributed by atoms with van der Waals surface area (Å²) in [5.74, 6) is -0.327. The topological polar surface area (TPSA) is 52.6 Å². The zero-order chi connectivity index (χ0) is 16.2. The molecule has 6 heteroatoms. The van der Waals surface area contributed by atoms with Crippen LogP contribution < -0.4 is 0 Å². The van der Waals surface area contributed by atoms with Gasteiger partial charge in [0.05, 0.1) is 21.2 Å². The highest BCUT2D eigenvalue weighted by molar-refractivity contribution is 6.92. The van der Waals surface area contributed by atoms with Crippen molar-refractivity contribution in [3.63, 3.8) is 0 Å². The Morgan fingerprint density at radius 3 is 2.29 bits per heavy atom. The maximum atomic E-state index is 12.8. The van der Waals surface area contributed by atoms with Gasteiger partial charge in [0.25, 0.3) is 0 Å². The van der Waals surface area contributed by atoms with E-state index in [1.807, 2.05) is 0 Å². The second-order valence-corrected chi connectivity index (χ2v) is 18.5. The molecular weight excluding hydrogens is 300 g/mol. The van der Waals surface area contributed by atoms with Crippen molar-refractivity contribution in [1.82, 2.24) is 0 Å². The molecule has 1 saturated heterocycles. The minimum atomic E-state index is -1.81. The fraction of sp³-hybridized carbons (Fsp3) is 0.733. The van der Waals surface area contributed by atoms with Crippen LogP contribution in [-0.2, 0) is 19.1 Å². The van der Waals surface area contributed by atoms with Gasteiger partial charge in [0.15, 0.2) is 0 Å². The van der Waals surface area contributed by atoms with Gasteiger partial charge in [0.1, 0.15) is 12.7 Å². The van der Waals surface area contributed by atoms with E-state index in [1.54, 1.807) is 0 Å². The van der Waals surface area contributed by atoms with Gasteiger partial charge in [-0.25, -0.2) is 0 Å². The summed E-state index contributed by atoms with van der Waals surface area (Å²) in [4.78, 5) is 23.8. The maximum Gasteiger partial charge on any atom is 0.314 e. The van der Waals surface area contributed by atoms with E-state index in [9.17, 15) is 9.59 Å². The number of rotatable bonds is 4. The van der Waals surface area contributed by atoms with Crippen molar-refractivity contribution in [3.05, 3.63) is 11.3 Å². The fourth-order valence-electron chi connectivity index (χ4n) is 3.84. The minimum Gasteiger partial charge on any atom is -0.462 e. The predicted molar refractivity (Wildman–Crippen MR) is 87.5 cm³/mol. The van der Waals surface area contributed by atoms with Crippen LogP contribution >= 0.6 is 0 Å². The van der Waals surface area contributed by atoms with Crippen LogP contribution in [0.25, 0.3) is 0 Å². The van der Waals surface area contributed by atoms with Gasteiger partial charge in [-0.15, -0.1) is 0 Å². The van der Waals surface area contributed by atoms with Crippen molar-refractivity contribution in [3.8, 4) is 0 Å². The van der Waals surface area contributed by atoms with Crippen molar-refractivity contribution >= 4 is 28.1 Å². The summed E-state index contributed by atoms with van der Waals surface area (Å²) in [6.07, 6.45) is 1.93. The summed E-state index contributed by atoms with van der Waals surface area (Å²) < 4.78 is 10.7. The van der Waals surface area contributed by atoms with Crippen LogP contribution in [0.2, 0.25) is 44.3 Å². The second-order valence-electron chi connectivity index (χ2n) is 8.16. The Morgan fingerprint density at radius 1 is 1.29 bits per heavy atom. The van der Waals surface area contributed by atoms with E-state index in [0.29, 0.717) is 0 Å². The first kappa shape index (κ1) is 16.5. The van der Waals surface area contributed by atoms with E-state index >= 15 is 0 Å². The number of fused-ring (bicyclic) bond motifs is 1. The zero-order valence-electron chi connectivity index (χ0n) is 14.1. The summed E-state index contributed by atoms with van der Waals surface area (Å²) in [6.45, 7) is 15.1. The maximum absolute atomic E-state index is 12.8. The summed E-state index contributed by atoms with van der Waals surface area (Å²) in [5.41, 5.74) is 0. The lowest BCUT2D eigenvalue weighted by atomic mass is 9.79. The molecule has 2 aliphatic rings. The number of carbonyl (C=O) groups excluding carboxylic acids is 2. The van der Waals surface area contributed by atoms with E-state index < -0.39 is 21.2 Å². The van der Waals surface area contributed by atoms with E-state index in [2.05, 4.69) is 45.4 Å². The van der Waals surface area contributed by atoms with Crippen LogP contribution in [0.4, 0.5) is 0 Å². The van der Waals surface area contributed by atoms with Gasteiger partial charge >= 0.3 is 11.9 Å². The molecule has 0 aromatic heterocycles. The van der Waals surface area contributed by atoms with Crippen molar-refractivity contribution in [2.75, 3.05) is 6.61 Å². The highest BCUT2D eigenvalue weighted by atomic mass is 28.3. The largest absolute Gasteiger partial charge is 0.462 e. The average molecular weight is 327 g/mol. The molecule has 0 N–H and O–H groups in total. The molecule has 0 aromatic carbocycles. The van der Waals surface area contributed by atoms with Crippen LogP contribution in [0.3, 0.4) is 0 Å². The molecule has 1 unspecified atom stereocenters. The van der Waals surface area contributed by atoms with Gasteiger partial charge in [-0.3, -0.25) is 9.59 Å². The SMILES string of the molecule is CC(=O)OC[C@H]1OC(=O)[C@@]2([Si](C)(C)C)C([Si](C)(C)C)=CC12. The second kappa shape index (κ2) is 4.81. The van der Waals surface area contributed by atoms with Crippen LogP contribution in [0.15, 0.2) is 11.3 Å². The first-order chi connectivity index (χ1) is 9.42. The molecule has 1 heterocycles. The molecule has 0 saturated carbocycles. The van der Waals surface area contributed by atoms with Gasteiger partial charge in [0.2, 0.25) is 0 Å². The molecule has 1 aliphatic carbocycles. The number of carbonyl (C=O) groups is 2. The van der Waals surface area contributed by atoms with Crippen molar-refractivity contribution in [1.29, 1.82) is 0 Å². The van der Waals surface area contributed by atoms with Gasteiger partial charge in [-0.05, 0) is 0 Å². The Kier molecular flexibility index (Phi) is 3.77. The Labute approximate surface area is 128 Å². The minimum absolute atomic E-state index is 0.0799. The summed E-state index contributed by atoms with van der Waals surface area (Å²) in [5, 5.41) is 0.942. The van der Waals surface area contributed by atoms with Crippen molar-refractivity contribution < 1.29 is 19.1 Å². The molecule has 21 heavy (non-hydrogen) atoms. The standard InChI is InChI=1S/C15H26O4Si2/c1-10(16)18-9-12-11-8-13(20(2,3)4)15(11,14(17)19-12)21(5,6)7/h8,11-12H,9H2,1-7H3/t11?,12-,15+/m1/s1. The lowest BCUT2D eigenvalue weighted by molar-refractivity contribution is -0.152. The molecule has 1 aliphatic heterocycles. The van der Waals surface area contributed by atoms with Gasteiger partial charge in [0, 0.05) is 12.8 Å². The van der Waals surface area contributed by atoms with Crippen molar-refractivity contribution in [2.45, 2.75) is 57.3 Å². The first-order valence-corrected chi connectivity index (χ1v) is 14.5. The van der Waals surface area contributed by atoms with Gasteiger partial charge < -0.3 is 9.47 Å². The molecule has 0 spiro atoms. The molecule has 0 amide bonds. The predicted octanol–water partition coefficient (Wildman–Crippen LogP) is 2.99. The van der Waals surface area contributed by atoms with Crippen LogP contribution in [0.1, 0.15) is 6.92 Å². The Morgan fingerprint density at radius 2 is 1.86 bits per heavy atom.